The number of aromatic nitrogens is 2. The maximum Gasteiger partial charge on any atom is 0.223 e. The van der Waals surface area contributed by atoms with Gasteiger partial charge in [0.05, 0.1) is 6.54 Å². The molecular weight excluding hydrogens is 381 g/mol. The number of aliphatic imine (C=N–C) groups is 1. The molecule has 1 aromatic heterocycles. The van der Waals surface area contributed by atoms with Crippen LogP contribution in [0, 0.1) is 13.8 Å². The molecule has 0 saturated carbocycles. The highest BCUT2D eigenvalue weighted by atomic mass is 127. The molecule has 1 heterocycles. The fraction of sp³-hybridized carbons (Fsp3) is 0.357. The van der Waals surface area contributed by atoms with Crippen LogP contribution in [0.15, 0.2) is 33.8 Å². The number of nitrogens with zero attached hydrogens (tertiary/aromatic N) is 3. The van der Waals surface area contributed by atoms with E-state index in [4.69, 9.17) is 4.52 Å². The molecule has 2 aromatic rings. The third-order valence-corrected chi connectivity index (χ3v) is 2.91. The van der Waals surface area contributed by atoms with Gasteiger partial charge in [0, 0.05) is 20.5 Å². The molecule has 0 aliphatic rings. The number of guanidine groups is 1. The quantitative estimate of drug-likeness (QED) is 0.467. The van der Waals surface area contributed by atoms with Crippen LogP contribution in [0.5, 0.6) is 0 Å². The van der Waals surface area contributed by atoms with Gasteiger partial charge in [0.25, 0.3) is 0 Å². The van der Waals surface area contributed by atoms with Gasteiger partial charge in [-0.2, -0.15) is 4.98 Å². The van der Waals surface area contributed by atoms with Gasteiger partial charge in [0.1, 0.15) is 0 Å². The van der Waals surface area contributed by atoms with E-state index in [0.717, 1.165) is 6.54 Å². The Morgan fingerprint density at radius 2 is 1.90 bits per heavy atom. The van der Waals surface area contributed by atoms with Crippen LogP contribution in [0.2, 0.25) is 0 Å². The Labute approximate surface area is 141 Å². The second-order valence-corrected chi connectivity index (χ2v) is 4.44. The Kier molecular flexibility index (Phi) is 7.13. The molecule has 1 aromatic carbocycles. The first-order valence-electron chi connectivity index (χ1n) is 6.47. The van der Waals surface area contributed by atoms with Crippen LogP contribution < -0.4 is 10.6 Å². The van der Waals surface area contributed by atoms with Crippen molar-refractivity contribution >= 4 is 29.9 Å². The molecule has 0 atom stereocenters. The first kappa shape index (κ1) is 17.4. The standard InChI is InChI=1S/C14H19N5O.HI/c1-10-6-4-5-7-12(10)8-16-14(15-3)17-9-13-18-11(2)20-19-13;/h4-7H,8-9H2,1-3H3,(H2,15,16,17);1H. The minimum absolute atomic E-state index is 0. The Balaban J connectivity index is 0.00000220. The number of halogens is 1. The van der Waals surface area contributed by atoms with Crippen LogP contribution in [0.4, 0.5) is 0 Å². The Hall–Kier alpha value is -1.64. The van der Waals surface area contributed by atoms with Gasteiger partial charge in [-0.25, -0.2) is 0 Å². The number of hydrogen-bond donors (Lipinski definition) is 2. The van der Waals surface area contributed by atoms with Gasteiger partial charge in [-0.15, -0.1) is 24.0 Å². The van der Waals surface area contributed by atoms with Gasteiger partial charge >= 0.3 is 0 Å². The summed E-state index contributed by atoms with van der Waals surface area (Å²) in [7, 11) is 1.73. The summed E-state index contributed by atoms with van der Waals surface area (Å²) in [4.78, 5) is 8.29. The largest absolute Gasteiger partial charge is 0.352 e. The zero-order valence-electron chi connectivity index (χ0n) is 12.4. The van der Waals surface area contributed by atoms with E-state index in [-0.39, 0.29) is 24.0 Å². The Bertz CT molecular complexity index is 597. The molecule has 0 radical (unpaired) electrons. The van der Waals surface area contributed by atoms with Crippen molar-refractivity contribution < 1.29 is 4.52 Å². The van der Waals surface area contributed by atoms with Gasteiger partial charge in [-0.05, 0) is 18.1 Å². The van der Waals surface area contributed by atoms with Crippen LogP contribution in [0.25, 0.3) is 0 Å². The lowest BCUT2D eigenvalue weighted by molar-refractivity contribution is 0.387. The van der Waals surface area contributed by atoms with Gasteiger partial charge in [0.15, 0.2) is 11.8 Å². The molecule has 0 amide bonds. The van der Waals surface area contributed by atoms with E-state index >= 15 is 0 Å². The van der Waals surface area contributed by atoms with Crippen molar-refractivity contribution in [3.05, 3.63) is 47.1 Å². The average Bonchev–Trinajstić information content (AvgIpc) is 2.86. The van der Waals surface area contributed by atoms with E-state index in [1.165, 1.54) is 11.1 Å². The zero-order valence-corrected chi connectivity index (χ0v) is 14.7. The summed E-state index contributed by atoms with van der Waals surface area (Å²) >= 11 is 0. The average molecular weight is 401 g/mol. The van der Waals surface area contributed by atoms with Gasteiger partial charge in [-0.3, -0.25) is 4.99 Å². The molecule has 21 heavy (non-hydrogen) atoms. The van der Waals surface area contributed by atoms with E-state index < -0.39 is 0 Å². The highest BCUT2D eigenvalue weighted by molar-refractivity contribution is 14.0. The molecular formula is C14H20IN5O. The van der Waals surface area contributed by atoms with Crippen molar-refractivity contribution in [3.8, 4) is 0 Å². The summed E-state index contributed by atoms with van der Waals surface area (Å²) in [6.07, 6.45) is 0. The number of nitrogens with one attached hydrogen (secondary N) is 2. The van der Waals surface area contributed by atoms with E-state index in [2.05, 4.69) is 44.8 Å². The number of rotatable bonds is 4. The molecule has 0 aliphatic carbocycles. The van der Waals surface area contributed by atoms with Crippen LogP contribution in [0.3, 0.4) is 0 Å². The molecule has 0 fully saturated rings. The summed E-state index contributed by atoms with van der Waals surface area (Å²) in [6, 6.07) is 8.25. The van der Waals surface area contributed by atoms with Crippen molar-refractivity contribution in [1.82, 2.24) is 20.8 Å². The molecule has 2 N–H and O–H groups in total. The maximum absolute atomic E-state index is 4.91. The SMILES string of the molecule is CN=C(NCc1noc(C)n1)NCc1ccccc1C.I. The normalized spacial score (nSPS) is 10.9. The van der Waals surface area contributed by atoms with Crippen LogP contribution in [-0.4, -0.2) is 23.1 Å². The second kappa shape index (κ2) is 8.60. The predicted molar refractivity (Wildman–Crippen MR) is 92.7 cm³/mol. The summed E-state index contributed by atoms with van der Waals surface area (Å²) in [6.45, 7) is 5.06. The van der Waals surface area contributed by atoms with Crippen molar-refractivity contribution in [3.63, 3.8) is 0 Å². The van der Waals surface area contributed by atoms with Crippen molar-refractivity contribution in [2.75, 3.05) is 7.05 Å². The molecule has 2 rings (SSSR count). The molecule has 0 spiro atoms. The highest BCUT2D eigenvalue weighted by Crippen LogP contribution is 2.05. The lowest BCUT2D eigenvalue weighted by Gasteiger charge is -2.11. The van der Waals surface area contributed by atoms with Crippen molar-refractivity contribution in [2.24, 2.45) is 4.99 Å². The zero-order chi connectivity index (χ0) is 14.4. The molecule has 0 saturated heterocycles. The fourth-order valence-corrected chi connectivity index (χ4v) is 1.78. The lowest BCUT2D eigenvalue weighted by atomic mass is 10.1. The van der Waals surface area contributed by atoms with E-state index in [1.54, 1.807) is 14.0 Å². The van der Waals surface area contributed by atoms with Gasteiger partial charge in [0.2, 0.25) is 5.89 Å². The van der Waals surface area contributed by atoms with Gasteiger partial charge in [-0.1, -0.05) is 29.4 Å². The number of aryl methyl sites for hydroxylation is 2. The molecule has 0 bridgehead atoms. The summed E-state index contributed by atoms with van der Waals surface area (Å²) < 4.78 is 4.91. The monoisotopic (exact) mass is 401 g/mol. The molecule has 0 aliphatic heterocycles. The lowest BCUT2D eigenvalue weighted by Crippen LogP contribution is -2.36. The maximum atomic E-state index is 4.91. The van der Waals surface area contributed by atoms with Gasteiger partial charge < -0.3 is 15.2 Å². The van der Waals surface area contributed by atoms with Crippen molar-refractivity contribution in [1.29, 1.82) is 0 Å². The van der Waals surface area contributed by atoms with Crippen LogP contribution >= 0.6 is 24.0 Å². The molecule has 0 unspecified atom stereocenters. The minimum atomic E-state index is 0. The minimum Gasteiger partial charge on any atom is -0.352 e. The smallest absolute Gasteiger partial charge is 0.223 e. The first-order chi connectivity index (χ1) is 9.69. The molecule has 6 nitrogen and oxygen atoms in total. The second-order valence-electron chi connectivity index (χ2n) is 4.44. The summed E-state index contributed by atoms with van der Waals surface area (Å²) in [5.74, 6) is 1.88. The molecule has 114 valence electrons. The predicted octanol–water partition coefficient (Wildman–Crippen LogP) is 2.17. The first-order valence-corrected chi connectivity index (χ1v) is 6.47. The Morgan fingerprint density at radius 1 is 1.19 bits per heavy atom. The van der Waals surface area contributed by atoms with Crippen molar-refractivity contribution in [2.45, 2.75) is 26.9 Å². The number of hydrogen-bond acceptors (Lipinski definition) is 4. The van der Waals surface area contributed by atoms with Crippen LogP contribution in [0.1, 0.15) is 22.8 Å². The third-order valence-electron chi connectivity index (χ3n) is 2.91. The van der Waals surface area contributed by atoms with E-state index in [0.29, 0.717) is 24.2 Å². The fourth-order valence-electron chi connectivity index (χ4n) is 1.78. The van der Waals surface area contributed by atoms with Crippen LogP contribution in [-0.2, 0) is 13.1 Å². The van der Waals surface area contributed by atoms with E-state index in [1.807, 2.05) is 12.1 Å². The third kappa shape index (κ3) is 5.33. The Morgan fingerprint density at radius 3 is 2.52 bits per heavy atom. The van der Waals surface area contributed by atoms with E-state index in [9.17, 15) is 0 Å². The molecule has 7 heteroatoms. The summed E-state index contributed by atoms with van der Waals surface area (Å²) in [5.41, 5.74) is 2.50. The number of benzene rings is 1. The summed E-state index contributed by atoms with van der Waals surface area (Å²) in [5, 5.41) is 10.2. The highest BCUT2D eigenvalue weighted by Gasteiger charge is 2.04. The topological polar surface area (TPSA) is 75.3 Å².